The Morgan fingerprint density at radius 3 is 2.30 bits per heavy atom. The molecule has 0 spiro atoms. The third-order valence-electron chi connectivity index (χ3n) is 5.03. The zero-order valence-electron chi connectivity index (χ0n) is 17.6. The molecule has 0 amide bonds. The van der Waals surface area contributed by atoms with Crippen molar-refractivity contribution in [1.82, 2.24) is 4.98 Å². The molecule has 4 rings (SSSR count). The number of aromatic nitrogens is 1. The maximum atomic E-state index is 12.4. The van der Waals surface area contributed by atoms with Gasteiger partial charge in [0.15, 0.2) is 0 Å². The summed E-state index contributed by atoms with van der Waals surface area (Å²) in [4.78, 5) is 4.39. The van der Waals surface area contributed by atoms with Crippen molar-refractivity contribution in [2.45, 2.75) is 19.9 Å². The van der Waals surface area contributed by atoms with E-state index in [4.69, 9.17) is 16.3 Å². The standard InChI is InChI=1S/C26H19ClF3NO2/c1-17-14-19(18-7-10-22(11-8-18)33-26(28,29)30)5-6-20(17)16-32-25-15-21(27)9-12-23(25)24-4-2-3-13-31-24/h2-15H,16H2,1H3. The molecule has 0 saturated heterocycles. The Labute approximate surface area is 194 Å². The Morgan fingerprint density at radius 2 is 1.64 bits per heavy atom. The van der Waals surface area contributed by atoms with Crippen molar-refractivity contribution >= 4 is 11.6 Å². The second-order valence-corrected chi connectivity index (χ2v) is 7.79. The first-order valence-corrected chi connectivity index (χ1v) is 10.5. The summed E-state index contributed by atoms with van der Waals surface area (Å²) >= 11 is 6.18. The van der Waals surface area contributed by atoms with Crippen LogP contribution in [0, 0.1) is 6.92 Å². The summed E-state index contributed by atoms with van der Waals surface area (Å²) in [5.41, 5.74) is 5.26. The molecular weight excluding hydrogens is 451 g/mol. The SMILES string of the molecule is Cc1cc(-c2ccc(OC(F)(F)F)cc2)ccc1COc1cc(Cl)ccc1-c1ccccn1. The fourth-order valence-electron chi connectivity index (χ4n) is 3.39. The van der Waals surface area contributed by atoms with E-state index in [2.05, 4.69) is 9.72 Å². The van der Waals surface area contributed by atoms with Crippen LogP contribution in [0.15, 0.2) is 85.1 Å². The summed E-state index contributed by atoms with van der Waals surface area (Å²) in [6.07, 6.45) is -2.99. The highest BCUT2D eigenvalue weighted by Crippen LogP contribution is 2.33. The van der Waals surface area contributed by atoms with Crippen LogP contribution >= 0.6 is 11.6 Å². The Morgan fingerprint density at radius 1 is 0.879 bits per heavy atom. The monoisotopic (exact) mass is 469 g/mol. The molecule has 3 aromatic carbocycles. The highest BCUT2D eigenvalue weighted by molar-refractivity contribution is 6.30. The summed E-state index contributed by atoms with van der Waals surface area (Å²) in [5.74, 6) is 0.378. The quantitative estimate of drug-likeness (QED) is 0.288. The van der Waals surface area contributed by atoms with Gasteiger partial charge in [0.05, 0.1) is 5.69 Å². The summed E-state index contributed by atoms with van der Waals surface area (Å²) in [6.45, 7) is 2.28. The number of hydrogen-bond donors (Lipinski definition) is 0. The molecule has 1 heterocycles. The van der Waals surface area contributed by atoms with Gasteiger partial charge in [0.2, 0.25) is 0 Å². The molecule has 0 aliphatic rings. The maximum absolute atomic E-state index is 12.4. The van der Waals surface area contributed by atoms with Gasteiger partial charge in [0.25, 0.3) is 0 Å². The van der Waals surface area contributed by atoms with Crippen molar-refractivity contribution in [3.05, 3.63) is 101 Å². The molecule has 4 aromatic rings. The normalized spacial score (nSPS) is 11.3. The fourth-order valence-corrected chi connectivity index (χ4v) is 3.55. The molecule has 168 valence electrons. The summed E-state index contributed by atoms with van der Waals surface area (Å²) in [5, 5.41) is 0.565. The number of rotatable bonds is 6. The molecule has 0 bridgehead atoms. The van der Waals surface area contributed by atoms with Gasteiger partial charge in [0, 0.05) is 16.8 Å². The van der Waals surface area contributed by atoms with Gasteiger partial charge in [-0.3, -0.25) is 4.98 Å². The topological polar surface area (TPSA) is 31.4 Å². The fraction of sp³-hybridized carbons (Fsp3) is 0.115. The third-order valence-corrected chi connectivity index (χ3v) is 5.27. The van der Waals surface area contributed by atoms with Crippen LogP contribution in [0.3, 0.4) is 0 Å². The molecule has 0 aliphatic carbocycles. The molecule has 33 heavy (non-hydrogen) atoms. The zero-order chi connectivity index (χ0) is 23.4. The molecule has 0 saturated carbocycles. The number of hydrogen-bond acceptors (Lipinski definition) is 3. The van der Waals surface area contributed by atoms with Crippen molar-refractivity contribution in [1.29, 1.82) is 0 Å². The zero-order valence-corrected chi connectivity index (χ0v) is 18.3. The average molecular weight is 470 g/mol. The first kappa shape index (κ1) is 22.7. The first-order chi connectivity index (χ1) is 15.8. The first-order valence-electron chi connectivity index (χ1n) is 10.1. The number of aryl methyl sites for hydroxylation is 1. The van der Waals surface area contributed by atoms with Crippen molar-refractivity contribution in [2.24, 2.45) is 0 Å². The van der Waals surface area contributed by atoms with E-state index in [1.807, 2.05) is 49.4 Å². The van der Waals surface area contributed by atoms with Gasteiger partial charge in [-0.2, -0.15) is 0 Å². The smallest absolute Gasteiger partial charge is 0.488 e. The number of benzene rings is 3. The van der Waals surface area contributed by atoms with Crippen LogP contribution in [-0.4, -0.2) is 11.3 Å². The van der Waals surface area contributed by atoms with Crippen molar-refractivity contribution in [3.63, 3.8) is 0 Å². The second kappa shape index (κ2) is 9.55. The largest absolute Gasteiger partial charge is 0.573 e. The van der Waals surface area contributed by atoms with Crippen LogP contribution in [0.2, 0.25) is 5.02 Å². The van der Waals surface area contributed by atoms with E-state index in [0.29, 0.717) is 17.4 Å². The lowest BCUT2D eigenvalue weighted by Gasteiger charge is -2.14. The van der Waals surface area contributed by atoms with Crippen molar-refractivity contribution in [2.75, 3.05) is 0 Å². The molecule has 0 fully saturated rings. The molecule has 1 aromatic heterocycles. The Hall–Kier alpha value is -3.51. The predicted octanol–water partition coefficient (Wildman–Crippen LogP) is 7.86. The van der Waals surface area contributed by atoms with Gasteiger partial charge in [-0.1, -0.05) is 48.0 Å². The van der Waals surface area contributed by atoms with Gasteiger partial charge in [-0.15, -0.1) is 13.2 Å². The second-order valence-electron chi connectivity index (χ2n) is 7.36. The van der Waals surface area contributed by atoms with Crippen molar-refractivity contribution in [3.8, 4) is 33.9 Å². The lowest BCUT2D eigenvalue weighted by atomic mass is 10.00. The molecule has 0 radical (unpaired) electrons. The van der Waals surface area contributed by atoms with Crippen molar-refractivity contribution < 1.29 is 22.6 Å². The van der Waals surface area contributed by atoms with Crippen LogP contribution in [0.25, 0.3) is 22.4 Å². The molecule has 3 nitrogen and oxygen atoms in total. The number of pyridine rings is 1. The lowest BCUT2D eigenvalue weighted by Crippen LogP contribution is -2.16. The Bertz CT molecular complexity index is 1240. The van der Waals surface area contributed by atoms with E-state index in [1.54, 1.807) is 30.5 Å². The van der Waals surface area contributed by atoms with E-state index in [0.717, 1.165) is 33.5 Å². The average Bonchev–Trinajstić information content (AvgIpc) is 2.78. The number of ether oxygens (including phenoxy) is 2. The van der Waals surface area contributed by atoms with Crippen LogP contribution in [0.1, 0.15) is 11.1 Å². The number of alkyl halides is 3. The minimum Gasteiger partial charge on any atom is -0.488 e. The Kier molecular flexibility index (Phi) is 6.56. The minimum absolute atomic E-state index is 0.252. The minimum atomic E-state index is -4.71. The number of halogens is 4. The third kappa shape index (κ3) is 5.84. The van der Waals surface area contributed by atoms with E-state index in [-0.39, 0.29) is 5.75 Å². The van der Waals surface area contributed by atoms with E-state index in [9.17, 15) is 13.2 Å². The highest BCUT2D eigenvalue weighted by atomic mass is 35.5. The van der Waals surface area contributed by atoms with Gasteiger partial charge in [-0.05, 0) is 71.6 Å². The summed E-state index contributed by atoms with van der Waals surface area (Å²) in [7, 11) is 0. The van der Waals surface area contributed by atoms with Gasteiger partial charge in [-0.25, -0.2) is 0 Å². The summed E-state index contributed by atoms with van der Waals surface area (Å²) < 4.78 is 47.1. The van der Waals surface area contributed by atoms with E-state index < -0.39 is 6.36 Å². The molecular formula is C26H19ClF3NO2. The van der Waals surface area contributed by atoms with Crippen LogP contribution in [0.4, 0.5) is 13.2 Å². The van der Waals surface area contributed by atoms with Gasteiger partial charge >= 0.3 is 6.36 Å². The molecule has 7 heteroatoms. The van der Waals surface area contributed by atoms with Gasteiger partial charge < -0.3 is 9.47 Å². The van der Waals surface area contributed by atoms with Crippen LogP contribution in [0.5, 0.6) is 11.5 Å². The lowest BCUT2D eigenvalue weighted by molar-refractivity contribution is -0.274. The number of nitrogens with zero attached hydrogens (tertiary/aromatic N) is 1. The maximum Gasteiger partial charge on any atom is 0.573 e. The van der Waals surface area contributed by atoms with Crippen LogP contribution < -0.4 is 9.47 Å². The molecule has 0 aliphatic heterocycles. The van der Waals surface area contributed by atoms with Crippen LogP contribution in [-0.2, 0) is 6.61 Å². The Balaban J connectivity index is 1.51. The molecule has 0 N–H and O–H groups in total. The highest BCUT2D eigenvalue weighted by Gasteiger charge is 2.30. The van der Waals surface area contributed by atoms with E-state index >= 15 is 0 Å². The molecule has 0 atom stereocenters. The predicted molar refractivity (Wildman–Crippen MR) is 122 cm³/mol. The van der Waals surface area contributed by atoms with Gasteiger partial charge in [0.1, 0.15) is 18.1 Å². The molecule has 0 unspecified atom stereocenters. The van der Waals surface area contributed by atoms with E-state index in [1.165, 1.54) is 12.1 Å². The summed E-state index contributed by atoms with van der Waals surface area (Å²) in [6, 6.07) is 22.7.